The molecular formula is C24H22N4O6S. The summed E-state index contributed by atoms with van der Waals surface area (Å²) in [6, 6.07) is 12.3. The van der Waals surface area contributed by atoms with Gasteiger partial charge in [-0.1, -0.05) is 18.2 Å². The average Bonchev–Trinajstić information content (AvgIpc) is 3.31. The Labute approximate surface area is 200 Å². The van der Waals surface area contributed by atoms with Crippen molar-refractivity contribution in [3.63, 3.8) is 0 Å². The monoisotopic (exact) mass is 494 g/mol. The van der Waals surface area contributed by atoms with Crippen LogP contribution in [0.4, 0.5) is 0 Å². The molecule has 1 saturated heterocycles. The van der Waals surface area contributed by atoms with Crippen molar-refractivity contribution in [3.05, 3.63) is 82.5 Å². The number of carboxylic acids is 1. The molecule has 1 aliphatic heterocycles. The maximum Gasteiger partial charge on any atom is 0.339 e. The Hall–Kier alpha value is -3.83. The van der Waals surface area contributed by atoms with Crippen LogP contribution in [-0.2, 0) is 21.1 Å². The van der Waals surface area contributed by atoms with E-state index < -0.39 is 21.4 Å². The van der Waals surface area contributed by atoms with Gasteiger partial charge in [0.1, 0.15) is 11.8 Å². The highest BCUT2D eigenvalue weighted by Gasteiger charge is 2.23. The van der Waals surface area contributed by atoms with E-state index in [2.05, 4.69) is 10.2 Å². The predicted molar refractivity (Wildman–Crippen MR) is 125 cm³/mol. The molecule has 0 amide bonds. The number of hydrogen-bond donors (Lipinski definition) is 1. The number of aromatic nitrogens is 4. The van der Waals surface area contributed by atoms with E-state index in [1.165, 1.54) is 47.4 Å². The normalized spacial score (nSPS) is 16.4. The number of aromatic carboxylic acids is 1. The Morgan fingerprint density at radius 3 is 2.63 bits per heavy atom. The molecule has 1 fully saturated rings. The lowest BCUT2D eigenvalue weighted by atomic mass is 10.2. The molecule has 1 N–H and O–H groups in total. The molecule has 0 bridgehead atoms. The molecule has 0 aliphatic carbocycles. The number of ether oxygens (including phenoxy) is 1. The van der Waals surface area contributed by atoms with Crippen LogP contribution in [0.25, 0.3) is 10.8 Å². The zero-order valence-corrected chi connectivity index (χ0v) is 19.4. The van der Waals surface area contributed by atoms with Crippen LogP contribution in [-0.4, -0.2) is 45.7 Å². The van der Waals surface area contributed by atoms with Crippen LogP contribution in [0, 0.1) is 0 Å². The first-order chi connectivity index (χ1) is 16.8. The maximum atomic E-state index is 13.1. The predicted octanol–water partition coefficient (Wildman–Crippen LogP) is 2.87. The topological polar surface area (TPSA) is 133 Å². The largest absolute Gasteiger partial charge is 0.478 e. The molecular weight excluding hydrogens is 472 g/mol. The van der Waals surface area contributed by atoms with Gasteiger partial charge in [-0.05, 0) is 49.6 Å². The summed E-state index contributed by atoms with van der Waals surface area (Å²) in [6.07, 6.45) is 5.09. The van der Waals surface area contributed by atoms with Crippen molar-refractivity contribution in [2.75, 3.05) is 6.61 Å². The van der Waals surface area contributed by atoms with E-state index in [9.17, 15) is 23.1 Å². The van der Waals surface area contributed by atoms with E-state index in [1.54, 1.807) is 18.2 Å². The zero-order valence-electron chi connectivity index (χ0n) is 18.6. The number of carbonyl (C=O) groups is 1. The highest BCUT2D eigenvalue weighted by atomic mass is 32.2. The van der Waals surface area contributed by atoms with E-state index in [-0.39, 0.29) is 39.2 Å². The summed E-state index contributed by atoms with van der Waals surface area (Å²) in [5.74, 6) is -1.16. The Balaban J connectivity index is 1.49. The Morgan fingerprint density at radius 1 is 1.11 bits per heavy atom. The number of rotatable bonds is 6. The van der Waals surface area contributed by atoms with Gasteiger partial charge < -0.3 is 9.84 Å². The van der Waals surface area contributed by atoms with Crippen molar-refractivity contribution in [1.82, 2.24) is 19.6 Å². The molecule has 1 aliphatic rings. The fourth-order valence-electron chi connectivity index (χ4n) is 4.13. The Kier molecular flexibility index (Phi) is 5.95. The van der Waals surface area contributed by atoms with Crippen LogP contribution >= 0.6 is 0 Å². The van der Waals surface area contributed by atoms with Crippen molar-refractivity contribution >= 4 is 26.6 Å². The van der Waals surface area contributed by atoms with Crippen LogP contribution in [0.1, 0.15) is 41.5 Å². The molecule has 2 aromatic carbocycles. The van der Waals surface area contributed by atoms with Crippen molar-refractivity contribution in [3.8, 4) is 0 Å². The molecule has 1 atom stereocenters. The maximum absolute atomic E-state index is 13.1. The van der Waals surface area contributed by atoms with Gasteiger partial charge in [-0.15, -0.1) is 0 Å². The van der Waals surface area contributed by atoms with E-state index in [4.69, 9.17) is 4.74 Å². The lowest BCUT2D eigenvalue weighted by molar-refractivity contribution is -0.0397. The summed E-state index contributed by atoms with van der Waals surface area (Å²) in [5, 5.41) is 18.8. The van der Waals surface area contributed by atoms with Crippen molar-refractivity contribution in [2.45, 2.75) is 41.8 Å². The average molecular weight is 495 g/mol. The number of fused-ring (bicyclic) bond motifs is 1. The first-order valence-electron chi connectivity index (χ1n) is 11.1. The summed E-state index contributed by atoms with van der Waals surface area (Å²) in [4.78, 5) is 25.1. The molecule has 180 valence electrons. The molecule has 1 unspecified atom stereocenters. The summed E-state index contributed by atoms with van der Waals surface area (Å²) < 4.78 is 34.1. The standard InChI is InChI=1S/C24H22N4O6S/c29-23-19-10-9-18(35(32,33)17-6-2-1-3-7-17)12-16(19)13-25-28(23)15-21-20(24(30)31)14-27(26-21)22-8-4-5-11-34-22/h1-3,6-7,9-10,12-14,22H,4-5,8,11,15H2,(H,30,31). The molecule has 0 spiro atoms. The van der Waals surface area contributed by atoms with Gasteiger partial charge in [0.25, 0.3) is 5.56 Å². The third-order valence-corrected chi connectivity index (χ3v) is 7.74. The van der Waals surface area contributed by atoms with E-state index in [0.717, 1.165) is 23.9 Å². The zero-order chi connectivity index (χ0) is 24.6. The number of nitrogens with zero attached hydrogens (tertiary/aromatic N) is 4. The van der Waals surface area contributed by atoms with Crippen LogP contribution in [0.15, 0.2) is 75.5 Å². The van der Waals surface area contributed by atoms with Crippen LogP contribution in [0.5, 0.6) is 0 Å². The molecule has 0 radical (unpaired) electrons. The Morgan fingerprint density at radius 2 is 1.91 bits per heavy atom. The summed E-state index contributed by atoms with van der Waals surface area (Å²) in [6.45, 7) is 0.427. The van der Waals surface area contributed by atoms with Gasteiger partial charge in [0.05, 0.1) is 33.6 Å². The first-order valence-corrected chi connectivity index (χ1v) is 12.6. The molecule has 3 heterocycles. The SMILES string of the molecule is O=C(O)c1cn(C2CCCCO2)nc1Cn1ncc2cc(S(=O)(=O)c3ccccc3)ccc2c1=O. The first kappa shape index (κ1) is 22.9. The van der Waals surface area contributed by atoms with Gasteiger partial charge in [0, 0.05) is 18.2 Å². The van der Waals surface area contributed by atoms with E-state index in [1.807, 2.05) is 0 Å². The molecule has 0 saturated carbocycles. The molecule has 2 aromatic heterocycles. The van der Waals surface area contributed by atoms with Gasteiger partial charge in [-0.2, -0.15) is 10.2 Å². The van der Waals surface area contributed by atoms with E-state index in [0.29, 0.717) is 12.0 Å². The van der Waals surface area contributed by atoms with Gasteiger partial charge in [0.15, 0.2) is 0 Å². The summed E-state index contributed by atoms with van der Waals surface area (Å²) in [5.41, 5.74) is -0.327. The van der Waals surface area contributed by atoms with Crippen LogP contribution < -0.4 is 5.56 Å². The van der Waals surface area contributed by atoms with Gasteiger partial charge in [-0.3, -0.25) is 4.79 Å². The van der Waals surface area contributed by atoms with Crippen LogP contribution in [0.3, 0.4) is 0 Å². The highest BCUT2D eigenvalue weighted by molar-refractivity contribution is 7.91. The van der Waals surface area contributed by atoms with Crippen molar-refractivity contribution in [1.29, 1.82) is 0 Å². The van der Waals surface area contributed by atoms with Gasteiger partial charge in [0.2, 0.25) is 9.84 Å². The second-order valence-corrected chi connectivity index (χ2v) is 10.2. The van der Waals surface area contributed by atoms with E-state index >= 15 is 0 Å². The fourth-order valence-corrected chi connectivity index (χ4v) is 5.44. The lowest BCUT2D eigenvalue weighted by Gasteiger charge is -2.22. The minimum Gasteiger partial charge on any atom is -0.478 e. The Bertz CT molecular complexity index is 1570. The molecule has 10 nitrogen and oxygen atoms in total. The second-order valence-electron chi connectivity index (χ2n) is 8.27. The molecule has 11 heteroatoms. The second kappa shape index (κ2) is 9.08. The molecule has 4 aromatic rings. The highest BCUT2D eigenvalue weighted by Crippen LogP contribution is 2.25. The smallest absolute Gasteiger partial charge is 0.339 e. The number of carboxylic acid groups (broad SMARTS) is 1. The molecule has 5 rings (SSSR count). The fraction of sp³-hybridized carbons (Fsp3) is 0.250. The number of sulfone groups is 1. The van der Waals surface area contributed by atoms with Crippen LogP contribution in [0.2, 0.25) is 0 Å². The van der Waals surface area contributed by atoms with Crippen molar-refractivity contribution in [2.24, 2.45) is 0 Å². The van der Waals surface area contributed by atoms with Gasteiger partial charge >= 0.3 is 5.97 Å². The van der Waals surface area contributed by atoms with Gasteiger partial charge in [-0.25, -0.2) is 22.6 Å². The molecule has 35 heavy (non-hydrogen) atoms. The quantitative estimate of drug-likeness (QED) is 0.433. The number of benzene rings is 2. The van der Waals surface area contributed by atoms with Crippen molar-refractivity contribution < 1.29 is 23.1 Å². The summed E-state index contributed by atoms with van der Waals surface area (Å²) in [7, 11) is -3.75. The minimum absolute atomic E-state index is 0.0303. The number of hydrogen-bond acceptors (Lipinski definition) is 7. The lowest BCUT2D eigenvalue weighted by Crippen LogP contribution is -2.24. The summed E-state index contributed by atoms with van der Waals surface area (Å²) >= 11 is 0. The minimum atomic E-state index is -3.75. The third-order valence-electron chi connectivity index (χ3n) is 5.98. The third kappa shape index (κ3) is 4.35.